The molecule has 0 fully saturated rings. The van der Waals surface area contributed by atoms with Crippen LogP contribution in [0.5, 0.6) is 0 Å². The predicted octanol–water partition coefficient (Wildman–Crippen LogP) is 4.17. The number of ketones is 1. The van der Waals surface area contributed by atoms with Gasteiger partial charge in [0.05, 0.1) is 10.5 Å². The average molecular weight is 423 g/mol. The van der Waals surface area contributed by atoms with Crippen molar-refractivity contribution in [2.75, 3.05) is 4.72 Å². The summed E-state index contributed by atoms with van der Waals surface area (Å²) >= 11 is 0. The maximum Gasteiger partial charge on any atom is 0.335 e. The van der Waals surface area contributed by atoms with E-state index in [0.717, 1.165) is 11.1 Å². The fourth-order valence-corrected chi connectivity index (χ4v) is 4.07. The molecule has 154 valence electrons. The first-order valence-corrected chi connectivity index (χ1v) is 10.8. The minimum atomic E-state index is -3.78. The first-order valence-electron chi connectivity index (χ1n) is 9.29. The monoisotopic (exact) mass is 423 g/mol. The van der Waals surface area contributed by atoms with Gasteiger partial charge in [-0.1, -0.05) is 36.4 Å². The van der Waals surface area contributed by atoms with Crippen LogP contribution in [0.15, 0.2) is 77.7 Å². The van der Waals surface area contributed by atoms with Gasteiger partial charge in [-0.25, -0.2) is 13.2 Å². The van der Waals surface area contributed by atoms with E-state index in [2.05, 4.69) is 4.72 Å². The Balaban J connectivity index is 1.71. The highest BCUT2D eigenvalue weighted by atomic mass is 32.2. The quantitative estimate of drug-likeness (QED) is 0.530. The molecule has 30 heavy (non-hydrogen) atoms. The number of anilines is 1. The fraction of sp³-hybridized carbons (Fsp3) is 0.130. The van der Waals surface area contributed by atoms with Gasteiger partial charge in [-0.3, -0.25) is 9.52 Å². The van der Waals surface area contributed by atoms with Gasteiger partial charge in [-0.05, 0) is 67.3 Å². The second-order valence-electron chi connectivity index (χ2n) is 6.89. The lowest BCUT2D eigenvalue weighted by Gasteiger charge is -2.10. The molecule has 0 aliphatic heterocycles. The Morgan fingerprint density at radius 3 is 2.03 bits per heavy atom. The molecule has 0 bridgehead atoms. The molecule has 7 heteroatoms. The number of Topliss-reactive ketones (excluding diaryl/α,β-unsaturated/α-hetero) is 1. The lowest BCUT2D eigenvalue weighted by Crippen LogP contribution is -2.13. The minimum absolute atomic E-state index is 0.0726. The third kappa shape index (κ3) is 5.33. The van der Waals surface area contributed by atoms with E-state index in [9.17, 15) is 18.0 Å². The van der Waals surface area contributed by atoms with Gasteiger partial charge in [0.2, 0.25) is 0 Å². The summed E-state index contributed by atoms with van der Waals surface area (Å²) in [5.74, 6) is -1.10. The van der Waals surface area contributed by atoms with E-state index in [0.29, 0.717) is 24.1 Å². The van der Waals surface area contributed by atoms with Crippen LogP contribution in [0, 0.1) is 0 Å². The van der Waals surface area contributed by atoms with Gasteiger partial charge in [-0.15, -0.1) is 0 Å². The number of hydrogen-bond donors (Lipinski definition) is 2. The van der Waals surface area contributed by atoms with E-state index in [-0.39, 0.29) is 16.2 Å². The molecule has 0 radical (unpaired) electrons. The van der Waals surface area contributed by atoms with Gasteiger partial charge >= 0.3 is 5.97 Å². The molecule has 0 aromatic heterocycles. The fourth-order valence-electron chi connectivity index (χ4n) is 3.02. The molecular formula is C23H21NO5S. The lowest BCUT2D eigenvalue weighted by molar-refractivity contribution is 0.0696. The average Bonchev–Trinajstić information content (AvgIpc) is 2.72. The molecule has 0 amide bonds. The summed E-state index contributed by atoms with van der Waals surface area (Å²) < 4.78 is 27.8. The number of carboxylic acid groups (broad SMARTS) is 1. The van der Waals surface area contributed by atoms with Crippen LogP contribution < -0.4 is 4.72 Å². The summed E-state index contributed by atoms with van der Waals surface area (Å²) in [6.45, 7) is 1.42. The maximum absolute atomic E-state index is 12.6. The molecule has 0 atom stereocenters. The number of aryl methyl sites for hydroxylation is 2. The Morgan fingerprint density at radius 2 is 1.43 bits per heavy atom. The first-order chi connectivity index (χ1) is 14.2. The van der Waals surface area contributed by atoms with Crippen molar-refractivity contribution in [3.63, 3.8) is 0 Å². The largest absolute Gasteiger partial charge is 0.478 e. The molecular weight excluding hydrogens is 402 g/mol. The van der Waals surface area contributed by atoms with Crippen molar-refractivity contribution < 1.29 is 23.1 Å². The number of carbonyl (C=O) groups excluding carboxylic acids is 1. The zero-order chi connectivity index (χ0) is 21.7. The molecule has 0 saturated carbocycles. The smallest absolute Gasteiger partial charge is 0.335 e. The Labute approximate surface area is 175 Å². The number of nitrogens with one attached hydrogen (secondary N) is 1. The molecule has 0 unspecified atom stereocenters. The second-order valence-corrected chi connectivity index (χ2v) is 8.57. The Morgan fingerprint density at radius 1 is 0.833 bits per heavy atom. The van der Waals surface area contributed by atoms with Crippen molar-refractivity contribution >= 4 is 27.5 Å². The second kappa shape index (κ2) is 8.92. The highest BCUT2D eigenvalue weighted by Crippen LogP contribution is 2.19. The van der Waals surface area contributed by atoms with Gasteiger partial charge < -0.3 is 5.11 Å². The number of sulfonamides is 1. The predicted molar refractivity (Wildman–Crippen MR) is 115 cm³/mol. The molecule has 0 saturated heterocycles. The van der Waals surface area contributed by atoms with Crippen molar-refractivity contribution in [2.24, 2.45) is 0 Å². The van der Waals surface area contributed by atoms with E-state index >= 15 is 0 Å². The number of hydrogen-bond acceptors (Lipinski definition) is 4. The number of aromatic carboxylic acids is 1. The van der Waals surface area contributed by atoms with Gasteiger partial charge in [-0.2, -0.15) is 0 Å². The zero-order valence-electron chi connectivity index (χ0n) is 16.3. The van der Waals surface area contributed by atoms with Crippen LogP contribution in [0.3, 0.4) is 0 Å². The van der Waals surface area contributed by atoms with E-state index in [1.165, 1.54) is 31.2 Å². The number of rotatable bonds is 8. The Kier molecular flexibility index (Phi) is 6.32. The normalized spacial score (nSPS) is 11.1. The van der Waals surface area contributed by atoms with Crippen molar-refractivity contribution in [2.45, 2.75) is 24.7 Å². The van der Waals surface area contributed by atoms with Crippen molar-refractivity contribution in [3.05, 3.63) is 95.1 Å². The van der Waals surface area contributed by atoms with Crippen LogP contribution in [-0.4, -0.2) is 25.3 Å². The summed E-state index contributed by atoms with van der Waals surface area (Å²) in [4.78, 5) is 22.5. The Bertz CT molecular complexity index is 1180. The molecule has 0 spiro atoms. The van der Waals surface area contributed by atoms with Crippen LogP contribution in [0.4, 0.5) is 5.69 Å². The molecule has 0 aliphatic rings. The summed E-state index contributed by atoms with van der Waals surface area (Å²) in [5, 5.41) is 9.09. The van der Waals surface area contributed by atoms with Gasteiger partial charge in [0.25, 0.3) is 10.0 Å². The summed E-state index contributed by atoms with van der Waals surface area (Å²) in [5.41, 5.74) is 2.93. The van der Waals surface area contributed by atoms with Crippen molar-refractivity contribution in [3.8, 4) is 0 Å². The standard InChI is InChI=1S/C23H21NO5S/c1-16(25)19-10-12-22(13-11-19)30(28,29)24-21-7-3-5-18(15-21)9-8-17-4-2-6-20(14-17)23(26)27/h2-7,10-15,24H,8-9H2,1H3,(H,26,27). The van der Waals surface area contributed by atoms with Gasteiger partial charge in [0.1, 0.15) is 0 Å². The third-order valence-corrected chi connectivity index (χ3v) is 6.02. The maximum atomic E-state index is 12.6. The van der Waals surface area contributed by atoms with E-state index in [4.69, 9.17) is 5.11 Å². The lowest BCUT2D eigenvalue weighted by atomic mass is 10.0. The van der Waals surface area contributed by atoms with Crippen molar-refractivity contribution in [1.29, 1.82) is 0 Å². The Hall–Kier alpha value is -3.45. The van der Waals surface area contributed by atoms with E-state index in [1.807, 2.05) is 12.1 Å². The van der Waals surface area contributed by atoms with Gasteiger partial charge in [0.15, 0.2) is 5.78 Å². The molecule has 3 aromatic rings. The van der Waals surface area contributed by atoms with Crippen LogP contribution in [-0.2, 0) is 22.9 Å². The summed E-state index contributed by atoms with van der Waals surface area (Å²) in [7, 11) is -3.78. The number of carboxylic acids is 1. The molecule has 0 heterocycles. The van der Waals surface area contributed by atoms with Crippen molar-refractivity contribution in [1.82, 2.24) is 0 Å². The topological polar surface area (TPSA) is 101 Å². The minimum Gasteiger partial charge on any atom is -0.478 e. The van der Waals surface area contributed by atoms with E-state index in [1.54, 1.807) is 36.4 Å². The van der Waals surface area contributed by atoms with E-state index < -0.39 is 16.0 Å². The molecule has 2 N–H and O–H groups in total. The number of benzene rings is 3. The number of carbonyl (C=O) groups is 2. The van der Waals surface area contributed by atoms with Crippen LogP contribution in [0.25, 0.3) is 0 Å². The summed E-state index contributed by atoms with van der Waals surface area (Å²) in [6, 6.07) is 19.6. The van der Waals surface area contributed by atoms with Crippen LogP contribution >= 0.6 is 0 Å². The molecule has 6 nitrogen and oxygen atoms in total. The SMILES string of the molecule is CC(=O)c1ccc(S(=O)(=O)Nc2cccc(CCc3cccc(C(=O)O)c3)c2)cc1. The molecule has 0 aliphatic carbocycles. The van der Waals surface area contributed by atoms with Crippen LogP contribution in [0.1, 0.15) is 38.8 Å². The first kappa shape index (κ1) is 21.3. The zero-order valence-corrected chi connectivity index (χ0v) is 17.1. The highest BCUT2D eigenvalue weighted by Gasteiger charge is 2.15. The molecule has 3 aromatic carbocycles. The van der Waals surface area contributed by atoms with Crippen LogP contribution in [0.2, 0.25) is 0 Å². The molecule has 3 rings (SSSR count). The highest BCUT2D eigenvalue weighted by molar-refractivity contribution is 7.92. The van der Waals surface area contributed by atoms with Gasteiger partial charge in [0, 0.05) is 11.3 Å². The summed E-state index contributed by atoms with van der Waals surface area (Å²) in [6.07, 6.45) is 1.26. The third-order valence-electron chi connectivity index (χ3n) is 4.63.